The number of aliphatic hydroxyl groups excluding tert-OH is 11. The number of unbranched alkanes of at least 4 members (excludes halogenated alkanes) is 47. The fourth-order valence-corrected chi connectivity index (χ4v) is 14.7. The number of aliphatic hydroxyl groups is 11. The lowest BCUT2D eigenvalue weighted by Crippen LogP contribution is -2.66. The molecular formula is C88H161NO18. The minimum absolute atomic E-state index is 0.234. The Labute approximate surface area is 649 Å². The van der Waals surface area contributed by atoms with Crippen LogP contribution in [0.15, 0.2) is 60.8 Å². The Hall–Kier alpha value is -2.51. The summed E-state index contributed by atoms with van der Waals surface area (Å²) in [4.78, 5) is 13.5. The second kappa shape index (κ2) is 67.9. The highest BCUT2D eigenvalue weighted by Crippen LogP contribution is 2.33. The summed E-state index contributed by atoms with van der Waals surface area (Å²) in [5.41, 5.74) is 0. The lowest BCUT2D eigenvalue weighted by atomic mass is 9.96. The van der Waals surface area contributed by atoms with Gasteiger partial charge in [-0.3, -0.25) is 4.79 Å². The first-order valence-electron chi connectivity index (χ1n) is 44.0. The molecule has 0 spiro atoms. The van der Waals surface area contributed by atoms with E-state index in [0.29, 0.717) is 12.8 Å². The average molecular weight is 1520 g/mol. The summed E-state index contributed by atoms with van der Waals surface area (Å²) in [7, 11) is 0. The molecule has 3 saturated heterocycles. The second-order valence-electron chi connectivity index (χ2n) is 31.3. The smallest absolute Gasteiger partial charge is 0.220 e. The Kier molecular flexibility index (Phi) is 62.7. The number of carbonyl (C=O) groups excluding carboxylic acids is 1. The molecule has 12 N–H and O–H groups in total. The van der Waals surface area contributed by atoms with Crippen molar-refractivity contribution in [3.63, 3.8) is 0 Å². The van der Waals surface area contributed by atoms with Crippen LogP contribution in [0.4, 0.5) is 0 Å². The highest BCUT2D eigenvalue weighted by Gasteiger charge is 2.54. The van der Waals surface area contributed by atoms with Gasteiger partial charge in [-0.25, -0.2) is 0 Å². The topological polar surface area (TPSA) is 307 Å². The van der Waals surface area contributed by atoms with Crippen molar-refractivity contribution in [3.05, 3.63) is 60.8 Å². The molecule has 3 aliphatic heterocycles. The van der Waals surface area contributed by atoms with Crippen LogP contribution in [0, 0.1) is 0 Å². The van der Waals surface area contributed by atoms with Gasteiger partial charge in [-0.05, 0) is 70.6 Å². The van der Waals surface area contributed by atoms with Crippen LogP contribution in [0.25, 0.3) is 0 Å². The Morgan fingerprint density at radius 1 is 0.336 bits per heavy atom. The van der Waals surface area contributed by atoms with Crippen LogP contribution in [-0.2, 0) is 33.2 Å². The van der Waals surface area contributed by atoms with Crippen molar-refractivity contribution in [3.8, 4) is 0 Å². The van der Waals surface area contributed by atoms with Gasteiger partial charge in [0.25, 0.3) is 0 Å². The summed E-state index contributed by atoms with van der Waals surface area (Å²) in [6.07, 6.45) is 62.3. The van der Waals surface area contributed by atoms with Gasteiger partial charge in [0, 0.05) is 6.42 Å². The summed E-state index contributed by atoms with van der Waals surface area (Å²) in [6, 6.07) is -0.995. The Morgan fingerprint density at radius 2 is 0.626 bits per heavy atom. The van der Waals surface area contributed by atoms with Gasteiger partial charge in [-0.1, -0.05) is 344 Å². The monoisotopic (exact) mass is 1520 g/mol. The van der Waals surface area contributed by atoms with Crippen molar-refractivity contribution >= 4 is 5.91 Å². The minimum Gasteiger partial charge on any atom is -0.394 e. The SMILES string of the molecule is CCCCCCC/C=C\C/C=C\C/C=C\CCCCCCCCCCCCCCCCC(=O)NC(COC1OC(CO)C(OC2OC(CO)C(OC3OC(CO)C(O)C(O)C3O)C(O)C2O)C(O)C1O)C(O)/C=C/CC/C=C/CCCCCCCCCCCCCCCCCCCCCCCCCCCCC. The number of nitrogens with one attached hydrogen (secondary N) is 1. The number of carbonyl (C=O) groups is 1. The van der Waals surface area contributed by atoms with Crippen molar-refractivity contribution in [2.45, 2.75) is 465 Å². The van der Waals surface area contributed by atoms with Gasteiger partial charge in [-0.15, -0.1) is 0 Å². The van der Waals surface area contributed by atoms with Crippen molar-refractivity contribution < 1.29 is 89.4 Å². The van der Waals surface area contributed by atoms with E-state index in [0.717, 1.165) is 51.4 Å². The molecule has 107 heavy (non-hydrogen) atoms. The van der Waals surface area contributed by atoms with Crippen molar-refractivity contribution in [1.29, 1.82) is 0 Å². The van der Waals surface area contributed by atoms with Gasteiger partial charge in [0.2, 0.25) is 5.91 Å². The molecule has 3 aliphatic rings. The molecule has 0 bridgehead atoms. The third kappa shape index (κ3) is 47.1. The number of ether oxygens (including phenoxy) is 6. The van der Waals surface area contributed by atoms with E-state index in [1.54, 1.807) is 6.08 Å². The quantitative estimate of drug-likeness (QED) is 0.0199. The van der Waals surface area contributed by atoms with E-state index in [-0.39, 0.29) is 18.9 Å². The Bertz CT molecular complexity index is 2160. The van der Waals surface area contributed by atoms with Crippen LogP contribution in [0.2, 0.25) is 0 Å². The predicted octanol–water partition coefficient (Wildman–Crippen LogP) is 16.2. The first-order chi connectivity index (χ1) is 52.3. The predicted molar refractivity (Wildman–Crippen MR) is 429 cm³/mol. The molecule has 19 nitrogen and oxygen atoms in total. The van der Waals surface area contributed by atoms with E-state index in [1.807, 2.05) is 6.08 Å². The standard InChI is InChI=1S/C88H161NO18/c1-3-5-7-9-11-13-15-17-19-21-23-25-27-29-31-33-34-35-36-38-39-41-43-45-47-49-51-53-55-57-59-61-63-65-72(93)71(89-76(94)66-64-62-60-58-56-54-52-50-48-46-44-42-40-37-32-30-28-26-24-22-20-18-16-14-12-10-8-6-4-2)70-102-86-82(100)79(97)84(74(68-91)104-86)107-88-83(101)80(98)85(75(69-92)105-88)106-87-81(99)78(96)77(95)73(67-90)103-87/h16,18,22,24,28,30,55,57,63,65,71-75,77-88,90-93,95-101H,3-15,17,19-21,23,25-27,29,31-54,56,58-62,64,66-70H2,1-2H3,(H,89,94)/b18-16-,24-22-,30-28-,57-55+,65-63+. The maximum absolute atomic E-state index is 13.5. The van der Waals surface area contributed by atoms with Gasteiger partial charge in [-0.2, -0.15) is 0 Å². The zero-order valence-corrected chi connectivity index (χ0v) is 67.4. The van der Waals surface area contributed by atoms with Crippen molar-refractivity contribution in [2.75, 3.05) is 26.4 Å². The first kappa shape index (κ1) is 98.7. The van der Waals surface area contributed by atoms with Gasteiger partial charge in [0.05, 0.1) is 38.6 Å². The maximum Gasteiger partial charge on any atom is 0.220 e. The van der Waals surface area contributed by atoms with Gasteiger partial charge in [0.1, 0.15) is 73.2 Å². The van der Waals surface area contributed by atoms with Crippen LogP contribution >= 0.6 is 0 Å². The number of hydrogen-bond acceptors (Lipinski definition) is 18. The Morgan fingerprint density at radius 3 is 1.00 bits per heavy atom. The average Bonchev–Trinajstić information content (AvgIpc) is 0.781. The van der Waals surface area contributed by atoms with Crippen molar-refractivity contribution in [2.24, 2.45) is 0 Å². The molecule has 0 aromatic rings. The van der Waals surface area contributed by atoms with Crippen LogP contribution in [0.5, 0.6) is 0 Å². The zero-order valence-electron chi connectivity index (χ0n) is 67.4. The molecular weight excluding hydrogens is 1360 g/mol. The largest absolute Gasteiger partial charge is 0.394 e. The Balaban J connectivity index is 1.35. The summed E-state index contributed by atoms with van der Waals surface area (Å²) < 4.78 is 34.5. The fraction of sp³-hybridized carbons (Fsp3) is 0.875. The minimum atomic E-state index is -1.98. The van der Waals surface area contributed by atoms with Crippen LogP contribution < -0.4 is 5.32 Å². The van der Waals surface area contributed by atoms with E-state index >= 15 is 0 Å². The van der Waals surface area contributed by atoms with Crippen LogP contribution in [-0.4, -0.2) is 193 Å². The fourth-order valence-electron chi connectivity index (χ4n) is 14.7. The molecule has 17 unspecified atom stereocenters. The highest BCUT2D eigenvalue weighted by atomic mass is 16.8. The summed E-state index contributed by atoms with van der Waals surface area (Å²) in [5.74, 6) is -0.282. The van der Waals surface area contributed by atoms with Crippen molar-refractivity contribution in [1.82, 2.24) is 5.32 Å². The maximum atomic E-state index is 13.5. The molecule has 1 amide bonds. The molecule has 3 heterocycles. The van der Waals surface area contributed by atoms with E-state index in [1.165, 1.54) is 276 Å². The molecule has 0 aromatic carbocycles. The van der Waals surface area contributed by atoms with Crippen LogP contribution in [0.3, 0.4) is 0 Å². The lowest BCUT2D eigenvalue weighted by Gasteiger charge is -2.48. The summed E-state index contributed by atoms with van der Waals surface area (Å²) >= 11 is 0. The van der Waals surface area contributed by atoms with E-state index in [4.69, 9.17) is 28.4 Å². The zero-order chi connectivity index (χ0) is 77.4. The normalized spacial score (nSPS) is 25.8. The van der Waals surface area contributed by atoms with Gasteiger partial charge >= 0.3 is 0 Å². The molecule has 17 atom stereocenters. The molecule has 0 radical (unpaired) electrons. The first-order valence-corrected chi connectivity index (χ1v) is 44.0. The number of amides is 1. The molecule has 19 heteroatoms. The summed E-state index contributed by atoms with van der Waals surface area (Å²) in [6.45, 7) is 1.76. The van der Waals surface area contributed by atoms with Gasteiger partial charge in [0.15, 0.2) is 18.9 Å². The van der Waals surface area contributed by atoms with E-state index in [9.17, 15) is 61.0 Å². The van der Waals surface area contributed by atoms with E-state index in [2.05, 4.69) is 67.8 Å². The third-order valence-corrected chi connectivity index (χ3v) is 21.8. The van der Waals surface area contributed by atoms with Gasteiger partial charge < -0.3 is 89.9 Å². The molecule has 0 aromatic heterocycles. The third-order valence-electron chi connectivity index (χ3n) is 21.8. The molecule has 0 saturated carbocycles. The highest BCUT2D eigenvalue weighted by molar-refractivity contribution is 5.76. The lowest BCUT2D eigenvalue weighted by molar-refractivity contribution is -0.379. The number of allylic oxidation sites excluding steroid dienone is 9. The van der Waals surface area contributed by atoms with Crippen LogP contribution in [0.1, 0.15) is 361 Å². The number of rotatable bonds is 71. The molecule has 3 fully saturated rings. The second-order valence-corrected chi connectivity index (χ2v) is 31.3. The number of hydrogen-bond donors (Lipinski definition) is 12. The molecule has 626 valence electrons. The summed E-state index contributed by atoms with van der Waals surface area (Å²) in [5, 5.41) is 121. The molecule has 3 rings (SSSR count). The van der Waals surface area contributed by atoms with E-state index < -0.39 is 124 Å². The molecule has 0 aliphatic carbocycles.